The molecule has 2 aliphatic rings. The van der Waals surface area contributed by atoms with Crippen molar-refractivity contribution in [3.8, 4) is 5.75 Å². The van der Waals surface area contributed by atoms with E-state index in [1.807, 2.05) is 6.07 Å². The average molecular weight is 525 g/mol. The Bertz CT molecular complexity index is 1400. The fourth-order valence-electron chi connectivity index (χ4n) is 5.03. The summed E-state index contributed by atoms with van der Waals surface area (Å²) < 4.78 is 25.8. The van der Waals surface area contributed by atoms with Crippen LogP contribution in [0.3, 0.4) is 0 Å². The molecular formula is C26H29FN6O5. The lowest BCUT2D eigenvalue weighted by Gasteiger charge is -2.34. The van der Waals surface area contributed by atoms with Crippen LogP contribution in [0, 0.1) is 5.82 Å². The Balaban J connectivity index is 1.45. The number of nitrogens with one attached hydrogen (secondary N) is 1. The summed E-state index contributed by atoms with van der Waals surface area (Å²) >= 11 is 0. The number of pyridine rings is 1. The number of halogens is 1. The summed E-state index contributed by atoms with van der Waals surface area (Å²) in [6.45, 7) is 6.32. The van der Waals surface area contributed by atoms with Gasteiger partial charge in [-0.05, 0) is 30.3 Å². The highest BCUT2D eigenvalue weighted by molar-refractivity contribution is 6.00. The summed E-state index contributed by atoms with van der Waals surface area (Å²) in [4.78, 5) is 47.8. The van der Waals surface area contributed by atoms with Crippen LogP contribution in [0.2, 0.25) is 0 Å². The van der Waals surface area contributed by atoms with E-state index in [9.17, 15) is 18.8 Å². The maximum absolute atomic E-state index is 14.8. The van der Waals surface area contributed by atoms with E-state index in [2.05, 4.69) is 22.0 Å². The number of methoxy groups -OCH3 is 1. The minimum atomic E-state index is -1.95. The van der Waals surface area contributed by atoms with E-state index in [-0.39, 0.29) is 36.6 Å². The van der Waals surface area contributed by atoms with Gasteiger partial charge in [0.1, 0.15) is 17.1 Å². The Morgan fingerprint density at radius 1 is 1.26 bits per heavy atom. The van der Waals surface area contributed by atoms with Crippen molar-refractivity contribution in [2.75, 3.05) is 51.3 Å². The van der Waals surface area contributed by atoms with Crippen LogP contribution in [0.15, 0.2) is 34.7 Å². The van der Waals surface area contributed by atoms with Crippen molar-refractivity contribution in [3.05, 3.63) is 53.0 Å². The van der Waals surface area contributed by atoms with Crippen LogP contribution in [-0.4, -0.2) is 79.4 Å². The maximum atomic E-state index is 14.8. The summed E-state index contributed by atoms with van der Waals surface area (Å²) in [6.07, 6.45) is 0.212. The Kier molecular flexibility index (Phi) is 6.76. The van der Waals surface area contributed by atoms with E-state index >= 15 is 0 Å². The number of carbonyl (C=O) groups is 3. The molecule has 1 aromatic carbocycles. The number of rotatable bonds is 8. The van der Waals surface area contributed by atoms with Crippen LogP contribution in [0.1, 0.15) is 28.6 Å². The number of carbonyl (C=O) groups excluding carboxylic acids is 3. The Labute approximate surface area is 218 Å². The number of hydrogen-bond donors (Lipinski definition) is 2. The summed E-state index contributed by atoms with van der Waals surface area (Å²) in [5.41, 5.74) is 5.80. The third kappa shape index (κ3) is 4.35. The monoisotopic (exact) mass is 524 g/mol. The molecule has 0 bridgehead atoms. The first-order chi connectivity index (χ1) is 18.3. The number of aromatic nitrogens is 1. The number of fused-ring (bicyclic) bond motifs is 2. The van der Waals surface area contributed by atoms with Crippen molar-refractivity contribution < 1.29 is 27.9 Å². The molecule has 4 heterocycles. The van der Waals surface area contributed by atoms with E-state index in [4.69, 9.17) is 19.9 Å². The van der Waals surface area contributed by atoms with Crippen molar-refractivity contribution in [1.82, 2.24) is 20.1 Å². The number of imide groups is 1. The highest BCUT2D eigenvalue weighted by Gasteiger charge is 2.45. The van der Waals surface area contributed by atoms with Crippen LogP contribution in [0.25, 0.3) is 11.1 Å². The second-order valence-corrected chi connectivity index (χ2v) is 9.42. The fraction of sp³-hybridized carbons (Fsp3) is 0.385. The Hall–Kier alpha value is -4.03. The zero-order valence-corrected chi connectivity index (χ0v) is 21.2. The van der Waals surface area contributed by atoms with Gasteiger partial charge in [0.2, 0.25) is 6.41 Å². The molecule has 1 fully saturated rings. The lowest BCUT2D eigenvalue weighted by atomic mass is 9.95. The van der Waals surface area contributed by atoms with Gasteiger partial charge in [-0.3, -0.25) is 19.7 Å². The Morgan fingerprint density at radius 2 is 2.03 bits per heavy atom. The van der Waals surface area contributed by atoms with Gasteiger partial charge in [-0.1, -0.05) is 13.0 Å². The molecule has 2 aromatic heterocycles. The van der Waals surface area contributed by atoms with Crippen LogP contribution < -0.4 is 20.7 Å². The van der Waals surface area contributed by atoms with Crippen LogP contribution in [0.5, 0.6) is 5.75 Å². The van der Waals surface area contributed by atoms with E-state index in [0.29, 0.717) is 16.7 Å². The molecule has 3 N–H and O–H groups in total. The summed E-state index contributed by atoms with van der Waals surface area (Å²) in [5, 5.41) is 2.07. The number of furan rings is 1. The first-order valence-corrected chi connectivity index (χ1v) is 12.4. The number of anilines is 1. The predicted molar refractivity (Wildman–Crippen MR) is 136 cm³/mol. The summed E-state index contributed by atoms with van der Waals surface area (Å²) in [6, 6.07) is 8.17. The van der Waals surface area contributed by atoms with Crippen molar-refractivity contribution in [1.29, 1.82) is 0 Å². The van der Waals surface area contributed by atoms with Crippen LogP contribution >= 0.6 is 0 Å². The number of nitrogens with zero attached hydrogens (tertiary/aromatic N) is 4. The highest BCUT2D eigenvalue weighted by Crippen LogP contribution is 2.34. The number of ether oxygens (including phenoxy) is 1. The quantitative estimate of drug-likeness (QED) is 0.417. The van der Waals surface area contributed by atoms with Crippen LogP contribution in [-0.2, 0) is 21.7 Å². The minimum Gasteiger partial charge on any atom is -0.494 e. The van der Waals surface area contributed by atoms with Crippen molar-refractivity contribution in [3.63, 3.8) is 0 Å². The molecule has 12 heteroatoms. The zero-order chi connectivity index (χ0) is 27.0. The third-order valence-corrected chi connectivity index (χ3v) is 7.25. The molecule has 38 heavy (non-hydrogen) atoms. The van der Waals surface area contributed by atoms with Crippen molar-refractivity contribution in [2.24, 2.45) is 5.73 Å². The van der Waals surface area contributed by atoms with Gasteiger partial charge in [0, 0.05) is 38.8 Å². The SMILES string of the molecule is CCN1CCN(c2ccc3oc([C@@](N)(CN4Cc5ccc(OC)c(F)c5C4=O)C(=O)NC=O)cc3n2)CC1. The minimum absolute atomic E-state index is 0.0223. The standard InChI is InChI=1S/C26H29FN6O5/c1-3-31-8-10-32(11-9-31)21-7-6-18-17(30-21)12-20(38-18)26(28,25(36)29-15-34)14-33-13-16-4-5-19(37-2)23(27)22(16)24(33)35/h4-7,12,15H,3,8-11,13-14,28H2,1-2H3,(H,29,34,36)/t26-/m0/s1. The zero-order valence-electron chi connectivity index (χ0n) is 21.2. The van der Waals surface area contributed by atoms with Gasteiger partial charge in [0.15, 0.2) is 22.7 Å². The second-order valence-electron chi connectivity index (χ2n) is 9.42. The molecule has 11 nitrogen and oxygen atoms in total. The number of nitrogens with two attached hydrogens (primary N) is 1. The molecule has 0 saturated carbocycles. The average Bonchev–Trinajstić information content (AvgIpc) is 3.50. The molecule has 5 rings (SSSR count). The summed E-state index contributed by atoms with van der Waals surface area (Å²) in [7, 11) is 1.31. The van der Waals surface area contributed by atoms with Gasteiger partial charge < -0.3 is 29.6 Å². The predicted octanol–water partition coefficient (Wildman–Crippen LogP) is 1.20. The van der Waals surface area contributed by atoms with E-state index in [1.54, 1.807) is 18.2 Å². The number of hydrogen-bond acceptors (Lipinski definition) is 9. The lowest BCUT2D eigenvalue weighted by molar-refractivity contribution is -0.130. The molecule has 0 radical (unpaired) electrons. The van der Waals surface area contributed by atoms with Crippen LogP contribution in [0.4, 0.5) is 10.2 Å². The second kappa shape index (κ2) is 10.0. The van der Waals surface area contributed by atoms with Crippen molar-refractivity contribution in [2.45, 2.75) is 19.0 Å². The molecule has 3 aromatic rings. The molecule has 1 saturated heterocycles. The number of likely N-dealkylation sites (N-methyl/N-ethyl adjacent to an activating group) is 1. The first kappa shape index (κ1) is 25.6. The van der Waals surface area contributed by atoms with Gasteiger partial charge in [-0.25, -0.2) is 9.37 Å². The smallest absolute Gasteiger partial charge is 0.257 e. The van der Waals surface area contributed by atoms with Crippen molar-refractivity contribution >= 4 is 35.1 Å². The third-order valence-electron chi connectivity index (χ3n) is 7.25. The van der Waals surface area contributed by atoms with E-state index in [0.717, 1.165) is 38.5 Å². The van der Waals surface area contributed by atoms with E-state index in [1.165, 1.54) is 18.1 Å². The van der Waals surface area contributed by atoms with Gasteiger partial charge in [0.05, 0.1) is 19.2 Å². The highest BCUT2D eigenvalue weighted by atomic mass is 19.1. The molecule has 0 aliphatic carbocycles. The normalized spacial score (nSPS) is 17.4. The van der Waals surface area contributed by atoms with Gasteiger partial charge in [-0.15, -0.1) is 0 Å². The number of benzene rings is 1. The molecule has 2 aliphatic heterocycles. The number of amides is 3. The molecule has 0 spiro atoms. The van der Waals surface area contributed by atoms with Gasteiger partial charge in [-0.2, -0.15) is 0 Å². The molecule has 200 valence electrons. The maximum Gasteiger partial charge on any atom is 0.257 e. The van der Waals surface area contributed by atoms with Gasteiger partial charge in [0.25, 0.3) is 11.8 Å². The largest absolute Gasteiger partial charge is 0.494 e. The molecule has 3 amide bonds. The Morgan fingerprint density at radius 3 is 2.71 bits per heavy atom. The molecule has 0 unspecified atom stereocenters. The fourth-order valence-corrected chi connectivity index (χ4v) is 5.03. The molecule has 1 atom stereocenters. The first-order valence-electron chi connectivity index (χ1n) is 12.4. The molecular weight excluding hydrogens is 495 g/mol. The summed E-state index contributed by atoms with van der Waals surface area (Å²) in [5.74, 6) is -1.56. The lowest BCUT2D eigenvalue weighted by Crippen LogP contribution is -2.57. The topological polar surface area (TPSA) is 134 Å². The number of piperazine rings is 1. The van der Waals surface area contributed by atoms with Gasteiger partial charge >= 0.3 is 0 Å². The van der Waals surface area contributed by atoms with E-state index < -0.39 is 23.2 Å².